The van der Waals surface area contributed by atoms with Gasteiger partial charge in [0.25, 0.3) is 0 Å². The van der Waals surface area contributed by atoms with Gasteiger partial charge in [-0.2, -0.15) is 0 Å². The lowest BCUT2D eigenvalue weighted by Crippen LogP contribution is -2.11. The van der Waals surface area contributed by atoms with E-state index >= 15 is 0 Å². The Kier molecular flexibility index (Phi) is 3.72. The first-order valence-corrected chi connectivity index (χ1v) is 8.21. The van der Waals surface area contributed by atoms with Gasteiger partial charge >= 0.3 is 0 Å². The zero-order chi connectivity index (χ0) is 15.8. The highest BCUT2D eigenvalue weighted by Gasteiger charge is 2.20. The van der Waals surface area contributed by atoms with Crippen molar-refractivity contribution in [1.82, 2.24) is 9.55 Å². The van der Waals surface area contributed by atoms with Crippen LogP contribution in [0.15, 0.2) is 67.1 Å². The molecule has 23 heavy (non-hydrogen) atoms. The molecule has 0 spiro atoms. The third kappa shape index (κ3) is 2.69. The molecule has 4 rings (SSSR count). The number of fused-ring (bicyclic) bond motifs is 1. The fourth-order valence-electron chi connectivity index (χ4n) is 3.10. The summed E-state index contributed by atoms with van der Waals surface area (Å²) in [6, 6.07) is 16.8. The van der Waals surface area contributed by atoms with Crippen molar-refractivity contribution in [3.05, 3.63) is 94.5 Å². The number of hydrogen-bond acceptors (Lipinski definition) is 1. The van der Waals surface area contributed by atoms with E-state index in [-0.39, 0.29) is 6.04 Å². The van der Waals surface area contributed by atoms with Crippen LogP contribution in [0.2, 0.25) is 5.15 Å². The largest absolute Gasteiger partial charge is 0.324 e. The van der Waals surface area contributed by atoms with Gasteiger partial charge in [0.05, 0.1) is 12.4 Å². The number of halogens is 2. The molecule has 1 aliphatic rings. The number of nitrogens with zero attached hydrogens (tertiary/aromatic N) is 2. The molecule has 114 valence electrons. The number of imidazole rings is 1. The van der Waals surface area contributed by atoms with Crippen LogP contribution in [-0.4, -0.2) is 9.55 Å². The van der Waals surface area contributed by atoms with E-state index in [0.29, 0.717) is 5.15 Å². The summed E-state index contributed by atoms with van der Waals surface area (Å²) >= 11 is 12.4. The van der Waals surface area contributed by atoms with Gasteiger partial charge in [-0.25, -0.2) is 4.98 Å². The SMILES string of the molecule is ClC1=CCc2ccc(C(c3ccccc3)n3cnc(Cl)c3)cc21. The van der Waals surface area contributed by atoms with Crippen LogP contribution in [0.4, 0.5) is 0 Å². The Bertz CT molecular complexity index is 881. The molecule has 2 aromatic carbocycles. The lowest BCUT2D eigenvalue weighted by Gasteiger charge is -2.20. The van der Waals surface area contributed by atoms with Gasteiger partial charge in [0, 0.05) is 11.2 Å². The molecule has 0 saturated heterocycles. The highest BCUT2D eigenvalue weighted by atomic mass is 35.5. The minimum Gasteiger partial charge on any atom is -0.324 e. The van der Waals surface area contributed by atoms with Crippen LogP contribution in [0.5, 0.6) is 0 Å². The van der Waals surface area contributed by atoms with Crippen LogP contribution < -0.4 is 0 Å². The first kappa shape index (κ1) is 14.6. The van der Waals surface area contributed by atoms with Crippen LogP contribution in [-0.2, 0) is 6.42 Å². The summed E-state index contributed by atoms with van der Waals surface area (Å²) in [6.45, 7) is 0. The van der Waals surface area contributed by atoms with Gasteiger partial charge in [-0.05, 0) is 34.7 Å². The normalized spacial score (nSPS) is 14.4. The monoisotopic (exact) mass is 340 g/mol. The maximum absolute atomic E-state index is 6.34. The summed E-state index contributed by atoms with van der Waals surface area (Å²) < 4.78 is 2.03. The van der Waals surface area contributed by atoms with Crippen molar-refractivity contribution < 1.29 is 0 Å². The van der Waals surface area contributed by atoms with Crippen molar-refractivity contribution in [1.29, 1.82) is 0 Å². The fourth-order valence-corrected chi connectivity index (χ4v) is 3.51. The number of allylic oxidation sites excluding steroid dienone is 1. The third-order valence-corrected chi connectivity index (χ3v) is 4.74. The lowest BCUT2D eigenvalue weighted by atomic mass is 9.95. The highest BCUT2D eigenvalue weighted by molar-refractivity contribution is 6.49. The summed E-state index contributed by atoms with van der Waals surface area (Å²) in [4.78, 5) is 4.17. The molecule has 0 bridgehead atoms. The lowest BCUT2D eigenvalue weighted by molar-refractivity contribution is 0.676. The Morgan fingerprint density at radius 2 is 1.83 bits per heavy atom. The molecule has 1 atom stereocenters. The maximum atomic E-state index is 6.34. The van der Waals surface area contributed by atoms with Gasteiger partial charge in [0.2, 0.25) is 0 Å². The average Bonchev–Trinajstić information content (AvgIpc) is 3.16. The quantitative estimate of drug-likeness (QED) is 0.631. The van der Waals surface area contributed by atoms with Crippen molar-refractivity contribution in [2.24, 2.45) is 0 Å². The summed E-state index contributed by atoms with van der Waals surface area (Å²) in [6.07, 6.45) is 6.58. The van der Waals surface area contributed by atoms with E-state index in [0.717, 1.165) is 22.6 Å². The number of rotatable bonds is 3. The van der Waals surface area contributed by atoms with Crippen LogP contribution in [0.25, 0.3) is 5.03 Å². The van der Waals surface area contributed by atoms with Gasteiger partial charge in [0.1, 0.15) is 5.15 Å². The van der Waals surface area contributed by atoms with Gasteiger partial charge in [-0.3, -0.25) is 0 Å². The molecule has 0 N–H and O–H groups in total. The zero-order valence-electron chi connectivity index (χ0n) is 12.3. The molecule has 0 aliphatic heterocycles. The Morgan fingerprint density at radius 1 is 1.00 bits per heavy atom. The maximum Gasteiger partial charge on any atom is 0.147 e. The number of hydrogen-bond donors (Lipinski definition) is 0. The molecule has 1 aliphatic carbocycles. The topological polar surface area (TPSA) is 17.8 Å². The molecule has 0 radical (unpaired) electrons. The van der Waals surface area contributed by atoms with Crippen molar-refractivity contribution in [3.63, 3.8) is 0 Å². The van der Waals surface area contributed by atoms with Crippen molar-refractivity contribution in [3.8, 4) is 0 Å². The van der Waals surface area contributed by atoms with Crippen LogP contribution in [0, 0.1) is 0 Å². The van der Waals surface area contributed by atoms with Crippen LogP contribution in [0.1, 0.15) is 28.3 Å². The van der Waals surface area contributed by atoms with E-state index in [1.807, 2.05) is 29.0 Å². The second kappa shape index (κ2) is 5.88. The van der Waals surface area contributed by atoms with Crippen molar-refractivity contribution in [2.75, 3.05) is 0 Å². The average molecular weight is 341 g/mol. The highest BCUT2D eigenvalue weighted by Crippen LogP contribution is 2.35. The predicted octanol–water partition coefficient (Wildman–Crippen LogP) is 5.31. The molecule has 0 fully saturated rings. The molecule has 1 unspecified atom stereocenters. The van der Waals surface area contributed by atoms with E-state index in [9.17, 15) is 0 Å². The Labute approximate surface area is 145 Å². The van der Waals surface area contributed by atoms with Gasteiger partial charge < -0.3 is 4.57 Å². The molecular formula is C19H14Cl2N2. The summed E-state index contributed by atoms with van der Waals surface area (Å²) in [5.41, 5.74) is 4.74. The zero-order valence-corrected chi connectivity index (χ0v) is 13.8. The molecule has 1 heterocycles. The molecule has 3 aromatic rings. The Balaban J connectivity index is 1.86. The Hall–Kier alpha value is -2.03. The van der Waals surface area contributed by atoms with Crippen molar-refractivity contribution >= 4 is 28.2 Å². The number of aromatic nitrogens is 2. The second-order valence-corrected chi connectivity index (χ2v) is 6.42. The Morgan fingerprint density at radius 3 is 2.57 bits per heavy atom. The summed E-state index contributed by atoms with van der Waals surface area (Å²) in [5.74, 6) is 0. The minimum atomic E-state index is 0.0200. The van der Waals surface area contributed by atoms with E-state index in [1.54, 1.807) is 6.33 Å². The summed E-state index contributed by atoms with van der Waals surface area (Å²) in [7, 11) is 0. The third-order valence-electron chi connectivity index (χ3n) is 4.19. The van der Waals surface area contributed by atoms with Crippen molar-refractivity contribution in [2.45, 2.75) is 12.5 Å². The van der Waals surface area contributed by atoms with Crippen LogP contribution in [0.3, 0.4) is 0 Å². The van der Waals surface area contributed by atoms with Gasteiger partial charge in [0.15, 0.2) is 0 Å². The standard InChI is InChI=1S/C19H14Cl2N2/c20-17-9-8-13-6-7-15(10-16(13)17)19(14-4-2-1-3-5-14)23-11-18(21)22-12-23/h1-7,9-12,19H,8H2. The van der Waals surface area contributed by atoms with E-state index in [2.05, 4.69) is 41.4 Å². The smallest absolute Gasteiger partial charge is 0.147 e. The second-order valence-electron chi connectivity index (χ2n) is 5.63. The molecule has 1 aromatic heterocycles. The molecule has 2 nitrogen and oxygen atoms in total. The predicted molar refractivity (Wildman–Crippen MR) is 94.9 cm³/mol. The van der Waals surface area contributed by atoms with Crippen LogP contribution >= 0.6 is 23.2 Å². The molecule has 4 heteroatoms. The molecule has 0 amide bonds. The fraction of sp³-hybridized carbons (Fsp3) is 0.105. The summed E-state index contributed by atoms with van der Waals surface area (Å²) in [5, 5.41) is 1.32. The molecular weight excluding hydrogens is 327 g/mol. The van der Waals surface area contributed by atoms with E-state index < -0.39 is 0 Å². The first-order valence-electron chi connectivity index (χ1n) is 7.45. The van der Waals surface area contributed by atoms with Gasteiger partial charge in [-0.15, -0.1) is 0 Å². The van der Waals surface area contributed by atoms with E-state index in [1.165, 1.54) is 11.1 Å². The minimum absolute atomic E-state index is 0.0200. The number of benzene rings is 2. The first-order chi connectivity index (χ1) is 11.2. The van der Waals surface area contributed by atoms with Gasteiger partial charge in [-0.1, -0.05) is 71.7 Å². The molecule has 0 saturated carbocycles. The van der Waals surface area contributed by atoms with E-state index in [4.69, 9.17) is 23.2 Å².